The van der Waals surface area contributed by atoms with Gasteiger partial charge in [-0.15, -0.1) is 0 Å². The monoisotopic (exact) mass is 294 g/mol. The molecule has 2 aromatic heterocycles. The summed E-state index contributed by atoms with van der Waals surface area (Å²) in [6.45, 7) is 3.42. The lowest BCUT2D eigenvalue weighted by atomic mass is 10.0. The second-order valence-corrected chi connectivity index (χ2v) is 6.04. The Balaban J connectivity index is 1.44. The average molecular weight is 294 g/mol. The van der Waals surface area contributed by atoms with Crippen molar-refractivity contribution in [1.82, 2.24) is 14.9 Å². The molecule has 0 aromatic carbocycles. The minimum atomic E-state index is 0.115. The second-order valence-electron chi connectivity index (χ2n) is 6.04. The van der Waals surface area contributed by atoms with Crippen LogP contribution in [0.25, 0.3) is 0 Å². The molecule has 2 aliphatic rings. The summed E-state index contributed by atoms with van der Waals surface area (Å²) in [6, 6.07) is 9.81. The van der Waals surface area contributed by atoms with Gasteiger partial charge in [-0.1, -0.05) is 6.07 Å². The number of rotatable bonds is 3. The fourth-order valence-corrected chi connectivity index (χ4v) is 3.55. The first-order valence-electron chi connectivity index (χ1n) is 7.65. The van der Waals surface area contributed by atoms with Crippen molar-refractivity contribution in [2.45, 2.75) is 6.54 Å². The molecular formula is C17H18N4O. The Morgan fingerprint density at radius 2 is 2.05 bits per heavy atom. The number of anilines is 1. The number of pyridine rings is 2. The molecule has 2 aliphatic heterocycles. The summed E-state index contributed by atoms with van der Waals surface area (Å²) < 4.78 is 0. The summed E-state index contributed by atoms with van der Waals surface area (Å²) in [5, 5.41) is 0. The van der Waals surface area contributed by atoms with E-state index in [0.717, 1.165) is 37.6 Å². The van der Waals surface area contributed by atoms with Crippen molar-refractivity contribution >= 4 is 11.6 Å². The van der Waals surface area contributed by atoms with Crippen molar-refractivity contribution in [2.24, 2.45) is 11.8 Å². The van der Waals surface area contributed by atoms with Crippen LogP contribution in [0.2, 0.25) is 0 Å². The molecule has 2 aromatic rings. The fourth-order valence-electron chi connectivity index (χ4n) is 3.55. The maximum Gasteiger partial charge on any atom is 0.231 e. The highest BCUT2D eigenvalue weighted by atomic mass is 16.2. The topological polar surface area (TPSA) is 49.3 Å². The minimum absolute atomic E-state index is 0.115. The van der Waals surface area contributed by atoms with Gasteiger partial charge in [-0.05, 0) is 24.3 Å². The number of carbonyl (C=O) groups excluding carboxylic acids is 1. The van der Waals surface area contributed by atoms with Crippen LogP contribution in [-0.2, 0) is 11.3 Å². The molecule has 2 saturated heterocycles. The van der Waals surface area contributed by atoms with Gasteiger partial charge in [0, 0.05) is 44.5 Å². The minimum Gasteiger partial charge on any atom is -0.310 e. The first-order chi connectivity index (χ1) is 10.8. The number of amides is 1. The van der Waals surface area contributed by atoms with E-state index >= 15 is 0 Å². The first kappa shape index (κ1) is 13.4. The molecular weight excluding hydrogens is 276 g/mol. The number of hydrogen-bond donors (Lipinski definition) is 0. The molecule has 0 bridgehead atoms. The van der Waals surface area contributed by atoms with Gasteiger partial charge in [-0.3, -0.25) is 19.7 Å². The Morgan fingerprint density at radius 3 is 2.77 bits per heavy atom. The van der Waals surface area contributed by atoms with Gasteiger partial charge in [0.2, 0.25) is 5.91 Å². The standard InChI is InChI=1S/C17H18N4O/c22-17-16-12-20(11-14-4-1-2-7-19-14)9-13(16)10-21(17)15-5-3-6-18-8-15/h1-8,13,16H,9-12H2/t13-,16-/m1/s1. The van der Waals surface area contributed by atoms with E-state index in [2.05, 4.69) is 14.9 Å². The molecule has 4 rings (SSSR count). The molecule has 112 valence electrons. The Morgan fingerprint density at radius 1 is 1.09 bits per heavy atom. The predicted molar refractivity (Wildman–Crippen MR) is 83.1 cm³/mol. The van der Waals surface area contributed by atoms with E-state index in [4.69, 9.17) is 0 Å². The molecule has 2 atom stereocenters. The number of nitrogens with zero attached hydrogens (tertiary/aromatic N) is 4. The lowest BCUT2D eigenvalue weighted by Crippen LogP contribution is -2.32. The molecule has 0 aliphatic carbocycles. The van der Waals surface area contributed by atoms with Gasteiger partial charge in [-0.2, -0.15) is 0 Å². The third-order valence-electron chi connectivity index (χ3n) is 4.59. The largest absolute Gasteiger partial charge is 0.310 e. The van der Waals surface area contributed by atoms with Crippen molar-refractivity contribution in [1.29, 1.82) is 0 Å². The van der Waals surface area contributed by atoms with E-state index in [0.29, 0.717) is 5.92 Å². The molecule has 1 amide bonds. The van der Waals surface area contributed by atoms with Crippen LogP contribution < -0.4 is 4.90 Å². The third-order valence-corrected chi connectivity index (χ3v) is 4.59. The Hall–Kier alpha value is -2.27. The van der Waals surface area contributed by atoms with Crippen molar-refractivity contribution < 1.29 is 4.79 Å². The Labute approximate surface area is 129 Å². The highest BCUT2D eigenvalue weighted by Gasteiger charge is 2.46. The smallest absolute Gasteiger partial charge is 0.231 e. The van der Waals surface area contributed by atoms with Gasteiger partial charge < -0.3 is 4.90 Å². The molecule has 0 spiro atoms. The summed E-state index contributed by atoms with van der Waals surface area (Å²) in [4.78, 5) is 25.4. The summed E-state index contributed by atoms with van der Waals surface area (Å²) in [5.74, 6) is 0.766. The van der Waals surface area contributed by atoms with E-state index in [1.54, 1.807) is 12.4 Å². The molecule has 0 radical (unpaired) electrons. The van der Waals surface area contributed by atoms with Crippen molar-refractivity contribution in [3.8, 4) is 0 Å². The maximum absolute atomic E-state index is 12.6. The second kappa shape index (κ2) is 5.50. The van der Waals surface area contributed by atoms with Gasteiger partial charge in [0.25, 0.3) is 0 Å². The number of fused-ring (bicyclic) bond motifs is 1. The average Bonchev–Trinajstić information content (AvgIpc) is 3.08. The van der Waals surface area contributed by atoms with E-state index in [1.165, 1.54) is 0 Å². The van der Waals surface area contributed by atoms with Gasteiger partial charge in [0.15, 0.2) is 0 Å². The SMILES string of the molecule is O=C1[C@@H]2CN(Cc3ccccn3)C[C@@H]2CN1c1cccnc1. The summed E-state index contributed by atoms with van der Waals surface area (Å²) in [6.07, 6.45) is 5.32. The first-order valence-corrected chi connectivity index (χ1v) is 7.65. The number of likely N-dealkylation sites (tertiary alicyclic amines) is 1. The summed E-state index contributed by atoms with van der Waals surface area (Å²) in [5.41, 5.74) is 1.98. The van der Waals surface area contributed by atoms with Gasteiger partial charge >= 0.3 is 0 Å². The van der Waals surface area contributed by atoms with Gasteiger partial charge in [0.1, 0.15) is 0 Å². The molecule has 5 nitrogen and oxygen atoms in total. The quantitative estimate of drug-likeness (QED) is 0.862. The van der Waals surface area contributed by atoms with E-state index < -0.39 is 0 Å². The lowest BCUT2D eigenvalue weighted by Gasteiger charge is -2.21. The highest BCUT2D eigenvalue weighted by molar-refractivity contribution is 5.97. The van der Waals surface area contributed by atoms with Crippen LogP contribution in [0.5, 0.6) is 0 Å². The zero-order valence-electron chi connectivity index (χ0n) is 12.3. The van der Waals surface area contributed by atoms with Crippen LogP contribution >= 0.6 is 0 Å². The molecule has 2 fully saturated rings. The normalized spacial score (nSPS) is 24.7. The number of carbonyl (C=O) groups is 1. The van der Waals surface area contributed by atoms with Gasteiger partial charge in [-0.25, -0.2) is 0 Å². The summed E-state index contributed by atoms with van der Waals surface area (Å²) in [7, 11) is 0. The van der Waals surface area contributed by atoms with Crippen molar-refractivity contribution in [2.75, 3.05) is 24.5 Å². The zero-order chi connectivity index (χ0) is 14.9. The van der Waals surface area contributed by atoms with Crippen LogP contribution in [0, 0.1) is 11.8 Å². The molecule has 0 saturated carbocycles. The molecule has 0 N–H and O–H groups in total. The molecule has 4 heterocycles. The van der Waals surface area contributed by atoms with Crippen LogP contribution in [-0.4, -0.2) is 40.4 Å². The van der Waals surface area contributed by atoms with Crippen LogP contribution in [0.15, 0.2) is 48.9 Å². The number of aromatic nitrogens is 2. The van der Waals surface area contributed by atoms with E-state index in [-0.39, 0.29) is 11.8 Å². The zero-order valence-corrected chi connectivity index (χ0v) is 12.3. The van der Waals surface area contributed by atoms with Crippen molar-refractivity contribution in [3.63, 3.8) is 0 Å². The maximum atomic E-state index is 12.6. The van der Waals surface area contributed by atoms with Gasteiger partial charge in [0.05, 0.1) is 23.5 Å². The van der Waals surface area contributed by atoms with E-state index in [1.807, 2.05) is 41.4 Å². The van der Waals surface area contributed by atoms with E-state index in [9.17, 15) is 4.79 Å². The summed E-state index contributed by atoms with van der Waals surface area (Å²) >= 11 is 0. The van der Waals surface area contributed by atoms with Crippen LogP contribution in [0.4, 0.5) is 5.69 Å². The number of hydrogen-bond acceptors (Lipinski definition) is 4. The molecule has 0 unspecified atom stereocenters. The Bertz CT molecular complexity index is 661. The van der Waals surface area contributed by atoms with Crippen LogP contribution in [0.1, 0.15) is 5.69 Å². The predicted octanol–water partition coefficient (Wildman–Crippen LogP) is 1.57. The van der Waals surface area contributed by atoms with Crippen LogP contribution in [0.3, 0.4) is 0 Å². The Kier molecular flexibility index (Phi) is 3.35. The highest BCUT2D eigenvalue weighted by Crippen LogP contribution is 2.35. The third kappa shape index (κ3) is 2.37. The van der Waals surface area contributed by atoms with Crippen molar-refractivity contribution in [3.05, 3.63) is 54.6 Å². The molecule has 5 heteroatoms. The molecule has 22 heavy (non-hydrogen) atoms. The fraction of sp³-hybridized carbons (Fsp3) is 0.353. The lowest BCUT2D eigenvalue weighted by molar-refractivity contribution is -0.120.